The summed E-state index contributed by atoms with van der Waals surface area (Å²) in [6, 6.07) is 22.6. The first kappa shape index (κ1) is 19.6. The number of rotatable bonds is 6. The molecule has 0 aromatic heterocycles. The zero-order chi connectivity index (χ0) is 20.1. The van der Waals surface area contributed by atoms with Gasteiger partial charge in [-0.1, -0.05) is 54.6 Å². The van der Waals surface area contributed by atoms with E-state index in [2.05, 4.69) is 52.3 Å². The molecule has 1 heterocycles. The van der Waals surface area contributed by atoms with E-state index in [1.807, 2.05) is 12.1 Å². The molecule has 5 nitrogen and oxygen atoms in total. The zero-order valence-corrected chi connectivity index (χ0v) is 16.6. The summed E-state index contributed by atoms with van der Waals surface area (Å²) < 4.78 is 0. The van der Waals surface area contributed by atoms with Gasteiger partial charge in [-0.2, -0.15) is 0 Å². The van der Waals surface area contributed by atoms with Gasteiger partial charge < -0.3 is 4.90 Å². The van der Waals surface area contributed by atoms with Gasteiger partial charge in [-0.3, -0.25) is 14.9 Å². The van der Waals surface area contributed by atoms with Crippen molar-refractivity contribution < 1.29 is 10.0 Å². The standard InChI is InChI=1S/C24H27N3O2/c28-24(25-29)22-10-8-19(9-11-22)18-27-16-14-26(15-17-27)13-12-21-6-3-5-20-4-1-2-7-23(20)21/h1-11,29H,12-18H2,(H,25,28). The first-order valence-corrected chi connectivity index (χ1v) is 10.2. The molecule has 0 spiro atoms. The number of fused-ring (bicyclic) bond motifs is 1. The molecule has 0 unspecified atom stereocenters. The first-order chi connectivity index (χ1) is 14.2. The number of hydrogen-bond donors (Lipinski definition) is 2. The number of piperazine rings is 1. The number of nitrogens with zero attached hydrogens (tertiary/aromatic N) is 2. The number of carbonyl (C=O) groups is 1. The maximum atomic E-state index is 11.4. The SMILES string of the molecule is O=C(NO)c1ccc(CN2CCN(CCc3cccc4ccccc34)CC2)cc1. The molecule has 29 heavy (non-hydrogen) atoms. The van der Waals surface area contributed by atoms with E-state index >= 15 is 0 Å². The van der Waals surface area contributed by atoms with E-state index in [9.17, 15) is 4.79 Å². The molecular weight excluding hydrogens is 362 g/mol. The third-order valence-corrected chi connectivity index (χ3v) is 5.77. The highest BCUT2D eigenvalue weighted by Gasteiger charge is 2.17. The van der Waals surface area contributed by atoms with Crippen LogP contribution in [0.3, 0.4) is 0 Å². The van der Waals surface area contributed by atoms with Crippen LogP contribution >= 0.6 is 0 Å². The van der Waals surface area contributed by atoms with Crippen LogP contribution in [0.5, 0.6) is 0 Å². The average Bonchev–Trinajstić information content (AvgIpc) is 2.78. The Balaban J connectivity index is 1.27. The van der Waals surface area contributed by atoms with Crippen molar-refractivity contribution in [2.75, 3.05) is 32.7 Å². The minimum Gasteiger partial charge on any atom is -0.300 e. The van der Waals surface area contributed by atoms with Crippen LogP contribution in [0.15, 0.2) is 66.7 Å². The molecule has 1 aliphatic rings. The highest BCUT2D eigenvalue weighted by atomic mass is 16.5. The minimum atomic E-state index is -0.476. The molecule has 2 N–H and O–H groups in total. The second-order valence-corrected chi connectivity index (χ2v) is 7.64. The normalized spacial score (nSPS) is 15.5. The predicted octanol–water partition coefficient (Wildman–Crippen LogP) is 3.32. The third kappa shape index (κ3) is 4.82. The van der Waals surface area contributed by atoms with E-state index in [1.165, 1.54) is 21.9 Å². The van der Waals surface area contributed by atoms with Crippen LogP contribution < -0.4 is 5.48 Å². The Kier molecular flexibility index (Phi) is 6.20. The van der Waals surface area contributed by atoms with Crippen LogP contribution in [-0.4, -0.2) is 53.6 Å². The molecule has 1 saturated heterocycles. The lowest BCUT2D eigenvalue weighted by Gasteiger charge is -2.34. The zero-order valence-electron chi connectivity index (χ0n) is 16.6. The summed E-state index contributed by atoms with van der Waals surface area (Å²) in [5, 5.41) is 11.4. The first-order valence-electron chi connectivity index (χ1n) is 10.2. The summed E-state index contributed by atoms with van der Waals surface area (Å²) in [7, 11) is 0. The van der Waals surface area contributed by atoms with Crippen molar-refractivity contribution in [3.63, 3.8) is 0 Å². The average molecular weight is 389 g/mol. The molecule has 1 aliphatic heterocycles. The van der Waals surface area contributed by atoms with Gasteiger partial charge in [0.05, 0.1) is 0 Å². The summed E-state index contributed by atoms with van der Waals surface area (Å²) in [5.41, 5.74) is 4.74. The van der Waals surface area contributed by atoms with E-state index in [4.69, 9.17) is 5.21 Å². The van der Waals surface area contributed by atoms with Crippen molar-refractivity contribution >= 4 is 16.7 Å². The van der Waals surface area contributed by atoms with Gasteiger partial charge in [-0.05, 0) is 40.5 Å². The molecule has 0 aliphatic carbocycles. The van der Waals surface area contributed by atoms with E-state index in [0.29, 0.717) is 5.56 Å². The summed E-state index contributed by atoms with van der Waals surface area (Å²) in [5.74, 6) is -0.476. The lowest BCUT2D eigenvalue weighted by Crippen LogP contribution is -2.46. The quantitative estimate of drug-likeness (QED) is 0.502. The van der Waals surface area contributed by atoms with E-state index < -0.39 is 5.91 Å². The fourth-order valence-corrected chi connectivity index (χ4v) is 4.04. The lowest BCUT2D eigenvalue weighted by atomic mass is 10.0. The van der Waals surface area contributed by atoms with Gasteiger partial charge >= 0.3 is 0 Å². The number of carbonyl (C=O) groups excluding carboxylic acids is 1. The van der Waals surface area contributed by atoms with Crippen molar-refractivity contribution in [2.45, 2.75) is 13.0 Å². The molecule has 0 radical (unpaired) electrons. The second-order valence-electron chi connectivity index (χ2n) is 7.64. The lowest BCUT2D eigenvalue weighted by molar-refractivity contribution is 0.0706. The van der Waals surface area contributed by atoms with Gasteiger partial charge in [-0.15, -0.1) is 0 Å². The molecule has 3 aromatic carbocycles. The van der Waals surface area contributed by atoms with Crippen LogP contribution in [0, 0.1) is 0 Å². The van der Waals surface area contributed by atoms with Gasteiger partial charge in [0.15, 0.2) is 0 Å². The number of benzene rings is 3. The maximum absolute atomic E-state index is 11.4. The van der Waals surface area contributed by atoms with Gasteiger partial charge in [0.25, 0.3) is 5.91 Å². The third-order valence-electron chi connectivity index (χ3n) is 5.77. The Labute approximate surface area is 171 Å². The van der Waals surface area contributed by atoms with Crippen LogP contribution in [0.1, 0.15) is 21.5 Å². The van der Waals surface area contributed by atoms with E-state index in [1.54, 1.807) is 17.6 Å². The molecule has 4 rings (SSSR count). The summed E-state index contributed by atoms with van der Waals surface area (Å²) >= 11 is 0. The molecule has 1 amide bonds. The number of hydroxylamine groups is 1. The Morgan fingerprint density at radius 1 is 0.862 bits per heavy atom. The molecule has 3 aromatic rings. The highest BCUT2D eigenvalue weighted by Crippen LogP contribution is 2.19. The number of amides is 1. The van der Waals surface area contributed by atoms with Crippen molar-refractivity contribution in [2.24, 2.45) is 0 Å². The van der Waals surface area contributed by atoms with Crippen molar-refractivity contribution in [1.29, 1.82) is 0 Å². The Morgan fingerprint density at radius 2 is 1.55 bits per heavy atom. The molecule has 0 atom stereocenters. The summed E-state index contributed by atoms with van der Waals surface area (Å²) in [6.45, 7) is 6.24. The van der Waals surface area contributed by atoms with Crippen molar-refractivity contribution in [3.05, 3.63) is 83.4 Å². The Hall–Kier alpha value is -2.73. The topological polar surface area (TPSA) is 55.8 Å². The van der Waals surface area contributed by atoms with Crippen LogP contribution in [0.2, 0.25) is 0 Å². The van der Waals surface area contributed by atoms with Crippen LogP contribution in [0.25, 0.3) is 10.8 Å². The van der Waals surface area contributed by atoms with Crippen molar-refractivity contribution in [3.8, 4) is 0 Å². The predicted molar refractivity (Wildman–Crippen MR) is 115 cm³/mol. The molecular formula is C24H27N3O2. The Morgan fingerprint density at radius 3 is 2.31 bits per heavy atom. The Bertz CT molecular complexity index is 958. The van der Waals surface area contributed by atoms with Crippen LogP contribution in [0.4, 0.5) is 0 Å². The summed E-state index contributed by atoms with van der Waals surface area (Å²) in [6.07, 6.45) is 1.08. The van der Waals surface area contributed by atoms with Gasteiger partial charge in [0.1, 0.15) is 0 Å². The van der Waals surface area contributed by atoms with E-state index in [0.717, 1.165) is 45.7 Å². The fourth-order valence-electron chi connectivity index (χ4n) is 4.04. The minimum absolute atomic E-state index is 0.467. The molecule has 0 bridgehead atoms. The van der Waals surface area contributed by atoms with E-state index in [-0.39, 0.29) is 0 Å². The number of nitrogens with one attached hydrogen (secondary N) is 1. The molecule has 150 valence electrons. The fraction of sp³-hybridized carbons (Fsp3) is 0.292. The second kappa shape index (κ2) is 9.18. The van der Waals surface area contributed by atoms with Gasteiger partial charge in [-0.25, -0.2) is 5.48 Å². The van der Waals surface area contributed by atoms with Gasteiger partial charge in [0.2, 0.25) is 0 Å². The molecule has 5 heteroatoms. The maximum Gasteiger partial charge on any atom is 0.274 e. The van der Waals surface area contributed by atoms with Crippen molar-refractivity contribution in [1.82, 2.24) is 15.3 Å². The molecule has 1 fully saturated rings. The molecule has 0 saturated carbocycles. The van der Waals surface area contributed by atoms with Crippen LogP contribution in [-0.2, 0) is 13.0 Å². The smallest absolute Gasteiger partial charge is 0.274 e. The monoisotopic (exact) mass is 389 g/mol. The van der Waals surface area contributed by atoms with Gasteiger partial charge in [0, 0.05) is 44.8 Å². The number of hydrogen-bond acceptors (Lipinski definition) is 4. The highest BCUT2D eigenvalue weighted by molar-refractivity contribution is 5.93. The summed E-state index contributed by atoms with van der Waals surface area (Å²) in [4.78, 5) is 16.4. The largest absolute Gasteiger partial charge is 0.300 e.